The number of carboxylic acid groups (broad SMARTS) is 1. The van der Waals surface area contributed by atoms with Crippen molar-refractivity contribution in [2.75, 3.05) is 25.0 Å². The molecule has 3 rings (SSSR count). The van der Waals surface area contributed by atoms with E-state index in [-0.39, 0.29) is 11.9 Å². The van der Waals surface area contributed by atoms with Gasteiger partial charge >= 0.3 is 6.09 Å². The second-order valence-electron chi connectivity index (χ2n) is 7.14. The predicted octanol–water partition coefficient (Wildman–Crippen LogP) is 2.52. The lowest BCUT2D eigenvalue weighted by molar-refractivity contribution is -0.114. The molecular formula is C19H25N5O3S. The molecule has 1 fully saturated rings. The van der Waals surface area contributed by atoms with Gasteiger partial charge in [-0.05, 0) is 38.0 Å². The number of pyridine rings is 1. The quantitative estimate of drug-likeness (QED) is 0.796. The minimum atomic E-state index is -0.877. The van der Waals surface area contributed by atoms with Crippen LogP contribution in [0.25, 0.3) is 0 Å². The lowest BCUT2D eigenvalue weighted by Gasteiger charge is -2.40. The Morgan fingerprint density at radius 1 is 1.29 bits per heavy atom. The number of hydrogen-bond donors (Lipinski definition) is 2. The maximum absolute atomic E-state index is 11.7. The van der Waals surface area contributed by atoms with Crippen molar-refractivity contribution in [1.82, 2.24) is 19.8 Å². The topological polar surface area (TPSA) is 98.7 Å². The van der Waals surface area contributed by atoms with Crippen LogP contribution in [0.5, 0.6) is 0 Å². The molecule has 1 aliphatic rings. The molecule has 0 spiro atoms. The molecule has 0 saturated carbocycles. The van der Waals surface area contributed by atoms with E-state index in [9.17, 15) is 14.7 Å². The summed E-state index contributed by atoms with van der Waals surface area (Å²) >= 11 is 1.45. The molecule has 3 heterocycles. The van der Waals surface area contributed by atoms with Crippen molar-refractivity contribution in [1.29, 1.82) is 0 Å². The molecule has 1 atom stereocenters. The molecule has 1 aliphatic heterocycles. The van der Waals surface area contributed by atoms with Crippen LogP contribution >= 0.6 is 11.3 Å². The van der Waals surface area contributed by atoms with Crippen LogP contribution in [0.4, 0.5) is 9.93 Å². The first-order valence-electron chi connectivity index (χ1n) is 9.18. The highest BCUT2D eigenvalue weighted by Crippen LogP contribution is 2.22. The minimum Gasteiger partial charge on any atom is -0.465 e. The van der Waals surface area contributed by atoms with Gasteiger partial charge in [0.15, 0.2) is 5.13 Å². The average molecular weight is 404 g/mol. The van der Waals surface area contributed by atoms with E-state index in [0.29, 0.717) is 37.7 Å². The molecule has 28 heavy (non-hydrogen) atoms. The Labute approximate surface area is 168 Å². The van der Waals surface area contributed by atoms with Crippen molar-refractivity contribution in [2.45, 2.75) is 39.8 Å². The summed E-state index contributed by atoms with van der Waals surface area (Å²) in [6.45, 7) is 7.85. The highest BCUT2D eigenvalue weighted by Gasteiger charge is 2.30. The summed E-state index contributed by atoms with van der Waals surface area (Å²) in [5.74, 6) is -0.140. The maximum Gasteiger partial charge on any atom is 0.407 e. The number of amides is 2. The van der Waals surface area contributed by atoms with Crippen LogP contribution in [0.1, 0.15) is 28.8 Å². The molecule has 8 nitrogen and oxygen atoms in total. The highest BCUT2D eigenvalue weighted by molar-refractivity contribution is 7.15. The summed E-state index contributed by atoms with van der Waals surface area (Å²) < 4.78 is 0. The van der Waals surface area contributed by atoms with Crippen molar-refractivity contribution in [3.8, 4) is 0 Å². The van der Waals surface area contributed by atoms with Crippen molar-refractivity contribution in [3.63, 3.8) is 0 Å². The number of nitrogens with one attached hydrogen (secondary N) is 1. The van der Waals surface area contributed by atoms with Gasteiger partial charge in [0.05, 0.1) is 6.04 Å². The molecule has 0 bridgehead atoms. The minimum absolute atomic E-state index is 0.116. The third-order valence-electron chi connectivity index (χ3n) is 4.64. The molecular weight excluding hydrogens is 378 g/mol. The third-order valence-corrected chi connectivity index (χ3v) is 5.54. The predicted molar refractivity (Wildman–Crippen MR) is 108 cm³/mol. The summed E-state index contributed by atoms with van der Waals surface area (Å²) in [4.78, 5) is 36.3. The zero-order chi connectivity index (χ0) is 20.3. The summed E-state index contributed by atoms with van der Waals surface area (Å²) in [7, 11) is 0. The summed E-state index contributed by atoms with van der Waals surface area (Å²) in [5, 5.41) is 12.9. The number of anilines is 1. The Morgan fingerprint density at radius 3 is 2.64 bits per heavy atom. The second kappa shape index (κ2) is 8.66. The van der Waals surface area contributed by atoms with Crippen LogP contribution in [-0.4, -0.2) is 62.6 Å². The van der Waals surface area contributed by atoms with Gasteiger partial charge in [-0.15, -0.1) is 11.3 Å². The van der Waals surface area contributed by atoms with Crippen LogP contribution in [0.2, 0.25) is 0 Å². The fourth-order valence-electron chi connectivity index (χ4n) is 3.61. The van der Waals surface area contributed by atoms with E-state index in [1.165, 1.54) is 23.2 Å². The van der Waals surface area contributed by atoms with Crippen molar-refractivity contribution >= 4 is 28.5 Å². The Hall–Kier alpha value is -2.52. The second-order valence-corrected chi connectivity index (χ2v) is 8.26. The number of aryl methyl sites for hydroxylation is 2. The van der Waals surface area contributed by atoms with Gasteiger partial charge in [-0.1, -0.05) is 0 Å². The normalized spacial score (nSPS) is 17.5. The third kappa shape index (κ3) is 5.26. The molecule has 2 aromatic rings. The number of carbonyl (C=O) groups excluding carboxylic acids is 1. The molecule has 2 aromatic heterocycles. The first kappa shape index (κ1) is 20.2. The van der Waals surface area contributed by atoms with Gasteiger partial charge in [0.2, 0.25) is 5.91 Å². The number of aromatic nitrogens is 2. The van der Waals surface area contributed by atoms with Crippen molar-refractivity contribution in [3.05, 3.63) is 40.2 Å². The van der Waals surface area contributed by atoms with Crippen LogP contribution < -0.4 is 5.32 Å². The van der Waals surface area contributed by atoms with Crippen LogP contribution in [0, 0.1) is 13.8 Å². The summed E-state index contributed by atoms with van der Waals surface area (Å²) in [6, 6.07) is 3.93. The molecule has 0 aliphatic carbocycles. The smallest absolute Gasteiger partial charge is 0.407 e. The molecule has 9 heteroatoms. The summed E-state index contributed by atoms with van der Waals surface area (Å²) in [5.41, 5.74) is 2.99. The van der Waals surface area contributed by atoms with Crippen molar-refractivity contribution < 1.29 is 14.7 Å². The number of carbonyl (C=O) groups is 2. The molecule has 0 aromatic carbocycles. The van der Waals surface area contributed by atoms with E-state index in [1.807, 2.05) is 26.0 Å². The first-order valence-corrected chi connectivity index (χ1v) is 10.00. The van der Waals surface area contributed by atoms with E-state index in [2.05, 4.69) is 20.2 Å². The molecule has 2 amide bonds. The van der Waals surface area contributed by atoms with Gasteiger partial charge in [0.25, 0.3) is 0 Å². The van der Waals surface area contributed by atoms with Crippen molar-refractivity contribution in [2.24, 2.45) is 0 Å². The van der Waals surface area contributed by atoms with E-state index in [1.54, 1.807) is 6.20 Å². The van der Waals surface area contributed by atoms with Crippen LogP contribution in [-0.2, 0) is 17.8 Å². The van der Waals surface area contributed by atoms with Crippen LogP contribution in [0.15, 0.2) is 18.3 Å². The molecule has 0 unspecified atom stereocenters. The number of nitrogens with zero attached hydrogens (tertiary/aromatic N) is 4. The molecule has 1 saturated heterocycles. The van der Waals surface area contributed by atoms with E-state index >= 15 is 0 Å². The number of rotatable bonds is 5. The van der Waals surface area contributed by atoms with Gasteiger partial charge in [0.1, 0.15) is 0 Å². The molecule has 0 radical (unpaired) electrons. The largest absolute Gasteiger partial charge is 0.465 e. The monoisotopic (exact) mass is 403 g/mol. The fourth-order valence-corrected chi connectivity index (χ4v) is 4.51. The number of piperazine rings is 1. The molecule has 150 valence electrons. The maximum atomic E-state index is 11.7. The Morgan fingerprint density at radius 2 is 2.00 bits per heavy atom. The Balaban J connectivity index is 1.69. The van der Waals surface area contributed by atoms with Gasteiger partial charge in [-0.25, -0.2) is 9.78 Å². The highest BCUT2D eigenvalue weighted by atomic mass is 32.1. The van der Waals surface area contributed by atoms with Gasteiger partial charge in [0, 0.05) is 55.6 Å². The number of hydrogen-bond acceptors (Lipinski definition) is 6. The lowest BCUT2D eigenvalue weighted by atomic mass is 10.0. The van der Waals surface area contributed by atoms with Crippen LogP contribution in [0.3, 0.4) is 0 Å². The zero-order valence-corrected chi connectivity index (χ0v) is 17.1. The van der Waals surface area contributed by atoms with E-state index in [4.69, 9.17) is 0 Å². The van der Waals surface area contributed by atoms with E-state index in [0.717, 1.165) is 21.8 Å². The number of thiazole rings is 1. The molecule has 2 N–H and O–H groups in total. The Kier molecular flexibility index (Phi) is 6.25. The average Bonchev–Trinajstić information content (AvgIpc) is 3.00. The van der Waals surface area contributed by atoms with Gasteiger partial charge in [-0.2, -0.15) is 0 Å². The van der Waals surface area contributed by atoms with Gasteiger partial charge < -0.3 is 15.3 Å². The summed E-state index contributed by atoms with van der Waals surface area (Å²) in [6.07, 6.45) is 1.55. The fraction of sp³-hybridized carbons (Fsp3) is 0.474. The zero-order valence-electron chi connectivity index (χ0n) is 16.3. The Bertz CT molecular complexity index is 849. The lowest BCUT2D eigenvalue weighted by Crippen LogP contribution is -2.55. The first-order chi connectivity index (χ1) is 13.3. The van der Waals surface area contributed by atoms with Gasteiger partial charge in [-0.3, -0.25) is 14.7 Å². The standard InChI is InChI=1S/C19H25N5O3S/c1-12-6-15(7-13(2)21-12)8-16-10-23(4-5-24(16)19(26)27)11-17-9-20-18(28-17)22-14(3)25/h6-7,9,16H,4-5,8,10-11H2,1-3H3,(H,26,27)(H,20,22,25)/t16-/m1/s1. The SMILES string of the molecule is CC(=O)Nc1ncc(CN2CCN(C(=O)O)[C@H](Cc3cc(C)nc(C)c3)C2)s1. The van der Waals surface area contributed by atoms with E-state index < -0.39 is 6.09 Å².